The van der Waals surface area contributed by atoms with Gasteiger partial charge < -0.3 is 33.5 Å². The molecule has 0 radical (unpaired) electrons. The molecule has 2 aliphatic rings. The number of halogens is 3. The lowest BCUT2D eigenvalue weighted by atomic mass is 10.1. The van der Waals surface area contributed by atoms with Gasteiger partial charge in [-0.1, -0.05) is 11.6 Å². The van der Waals surface area contributed by atoms with Crippen LogP contribution in [0.4, 0.5) is 8.78 Å². The number of aromatic amines is 1. The lowest BCUT2D eigenvalue weighted by Crippen LogP contribution is -2.34. The third-order valence-corrected chi connectivity index (χ3v) is 6.65. The summed E-state index contributed by atoms with van der Waals surface area (Å²) in [7, 11) is 0. The highest BCUT2D eigenvalue weighted by atomic mass is 35.5. The van der Waals surface area contributed by atoms with Crippen molar-refractivity contribution in [3.05, 3.63) is 64.5 Å². The first-order valence-corrected chi connectivity index (χ1v) is 11.9. The van der Waals surface area contributed by atoms with Crippen LogP contribution in [0, 0.1) is 11.6 Å². The van der Waals surface area contributed by atoms with E-state index in [-0.39, 0.29) is 56.1 Å². The Kier molecular flexibility index (Phi) is 6.41. The van der Waals surface area contributed by atoms with Crippen molar-refractivity contribution in [2.75, 3.05) is 13.2 Å². The molecule has 0 spiro atoms. The van der Waals surface area contributed by atoms with E-state index in [9.17, 15) is 13.9 Å². The monoisotopic (exact) mass is 534 g/mol. The zero-order valence-electron chi connectivity index (χ0n) is 19.2. The summed E-state index contributed by atoms with van der Waals surface area (Å²) >= 11 is 6.39. The largest absolute Gasteiger partial charge is 0.487 e. The van der Waals surface area contributed by atoms with Crippen LogP contribution in [0.25, 0.3) is 11.2 Å². The van der Waals surface area contributed by atoms with Gasteiger partial charge in [0.05, 0.1) is 29.4 Å². The van der Waals surface area contributed by atoms with E-state index in [1.165, 1.54) is 12.7 Å². The second-order valence-electron chi connectivity index (χ2n) is 8.78. The standard InChI is InChI=1S/C24H21ClF2N4O6/c25-14-5-18-23(31-24(30-18)37-20-9-36-21-19(32)8-35-22(20)21)29-17(14)2-1-13-15(26)3-12(4-16(13)27)34-7-11-6-33-10-28-11/h3-6,10,19-22,32H,1-2,7-9H2,(H,29,30,31)/t19-,20-,21-,22-/m1/s1. The van der Waals surface area contributed by atoms with Crippen molar-refractivity contribution in [2.24, 2.45) is 0 Å². The van der Waals surface area contributed by atoms with Gasteiger partial charge in [-0.05, 0) is 18.9 Å². The number of aliphatic hydroxyl groups is 1. The van der Waals surface area contributed by atoms with Crippen molar-refractivity contribution in [3.8, 4) is 11.8 Å². The molecule has 194 valence electrons. The average molecular weight is 535 g/mol. The van der Waals surface area contributed by atoms with Crippen LogP contribution in [0.15, 0.2) is 35.3 Å². The van der Waals surface area contributed by atoms with Gasteiger partial charge in [-0.15, -0.1) is 0 Å². The van der Waals surface area contributed by atoms with E-state index < -0.39 is 29.9 Å². The molecule has 2 aliphatic heterocycles. The number of aryl methyl sites for hydroxylation is 1. The molecular weight excluding hydrogens is 514 g/mol. The second-order valence-corrected chi connectivity index (χ2v) is 9.19. The van der Waals surface area contributed by atoms with Crippen molar-refractivity contribution >= 4 is 22.8 Å². The van der Waals surface area contributed by atoms with Gasteiger partial charge in [0.15, 0.2) is 18.1 Å². The maximum Gasteiger partial charge on any atom is 0.296 e. The molecule has 2 saturated heterocycles. The molecule has 4 aromatic rings. The number of aliphatic hydroxyl groups excluding tert-OH is 1. The van der Waals surface area contributed by atoms with Crippen molar-refractivity contribution in [1.82, 2.24) is 19.9 Å². The number of rotatable bonds is 8. The van der Waals surface area contributed by atoms with Crippen LogP contribution in [0.5, 0.6) is 11.8 Å². The number of hydrogen-bond acceptors (Lipinski definition) is 9. The molecule has 2 N–H and O–H groups in total. The Labute approximate surface area is 213 Å². The fourth-order valence-electron chi connectivity index (χ4n) is 4.46. The van der Waals surface area contributed by atoms with E-state index in [0.29, 0.717) is 27.6 Å². The quantitative estimate of drug-likeness (QED) is 0.351. The van der Waals surface area contributed by atoms with Crippen LogP contribution in [0.2, 0.25) is 5.02 Å². The number of nitrogens with one attached hydrogen (secondary N) is 1. The first-order chi connectivity index (χ1) is 17.9. The lowest BCUT2D eigenvalue weighted by Gasteiger charge is -2.15. The number of pyridine rings is 1. The SMILES string of the molecule is O[C@@H]1CO[C@H]2[C@@H]1OC[C@H]2Oc1nc2nc(CCc3c(F)cc(OCc4cocn4)cc3F)c(Cl)cc2[nH]1. The minimum absolute atomic E-state index is 0.0215. The third kappa shape index (κ3) is 4.85. The van der Waals surface area contributed by atoms with Crippen LogP contribution in [0.1, 0.15) is 17.0 Å². The predicted octanol–water partition coefficient (Wildman–Crippen LogP) is 3.15. The highest BCUT2D eigenvalue weighted by molar-refractivity contribution is 6.31. The van der Waals surface area contributed by atoms with Crippen LogP contribution in [-0.4, -0.2) is 62.7 Å². The first-order valence-electron chi connectivity index (χ1n) is 11.6. The number of hydrogen-bond donors (Lipinski definition) is 2. The number of ether oxygens (including phenoxy) is 4. The van der Waals surface area contributed by atoms with Gasteiger partial charge in [0.2, 0.25) is 0 Å². The number of benzene rings is 1. The molecule has 13 heteroatoms. The fourth-order valence-corrected chi connectivity index (χ4v) is 4.71. The number of fused-ring (bicyclic) bond motifs is 2. The zero-order valence-corrected chi connectivity index (χ0v) is 20.0. The Morgan fingerprint density at radius 2 is 1.89 bits per heavy atom. The fraction of sp³-hybridized carbons (Fsp3) is 0.375. The van der Waals surface area contributed by atoms with Gasteiger partial charge in [0.1, 0.15) is 54.3 Å². The molecule has 0 unspecified atom stereocenters. The van der Waals surface area contributed by atoms with Crippen LogP contribution in [0.3, 0.4) is 0 Å². The van der Waals surface area contributed by atoms with E-state index >= 15 is 0 Å². The minimum Gasteiger partial charge on any atom is -0.487 e. The van der Waals surface area contributed by atoms with Crippen LogP contribution >= 0.6 is 11.6 Å². The molecule has 0 saturated carbocycles. The van der Waals surface area contributed by atoms with Gasteiger partial charge in [-0.3, -0.25) is 0 Å². The Bertz CT molecular complexity index is 1400. The topological polar surface area (TPSA) is 125 Å². The summed E-state index contributed by atoms with van der Waals surface area (Å²) in [6.45, 7) is 0.466. The normalized spacial score (nSPS) is 23.0. The van der Waals surface area contributed by atoms with Crippen molar-refractivity contribution in [3.63, 3.8) is 0 Å². The number of aromatic nitrogens is 4. The Morgan fingerprint density at radius 1 is 1.08 bits per heavy atom. The number of oxazole rings is 1. The molecule has 1 aromatic carbocycles. The molecule has 5 heterocycles. The van der Waals surface area contributed by atoms with Gasteiger partial charge in [-0.2, -0.15) is 4.98 Å². The second kappa shape index (κ2) is 9.86. The molecule has 3 aromatic heterocycles. The van der Waals surface area contributed by atoms with Crippen molar-refractivity contribution in [2.45, 2.75) is 43.9 Å². The summed E-state index contributed by atoms with van der Waals surface area (Å²) in [5, 5.41) is 10.2. The highest BCUT2D eigenvalue weighted by Crippen LogP contribution is 2.30. The molecule has 0 aliphatic carbocycles. The number of nitrogens with zero attached hydrogens (tertiary/aromatic N) is 3. The summed E-state index contributed by atoms with van der Waals surface area (Å²) in [5.41, 5.74) is 1.71. The van der Waals surface area contributed by atoms with E-state index in [1.807, 2.05) is 0 Å². The maximum atomic E-state index is 14.7. The average Bonchev–Trinajstić information content (AvgIpc) is 3.65. The molecule has 37 heavy (non-hydrogen) atoms. The van der Waals surface area contributed by atoms with E-state index in [0.717, 1.165) is 12.1 Å². The molecule has 10 nitrogen and oxygen atoms in total. The van der Waals surface area contributed by atoms with E-state index in [2.05, 4.69) is 19.9 Å². The molecule has 0 bridgehead atoms. The summed E-state index contributed by atoms with van der Waals surface area (Å²) in [6, 6.07) is 4.08. The molecule has 2 fully saturated rings. The van der Waals surface area contributed by atoms with E-state index in [1.54, 1.807) is 6.07 Å². The van der Waals surface area contributed by atoms with E-state index in [4.69, 9.17) is 35.0 Å². The third-order valence-electron chi connectivity index (χ3n) is 6.32. The molecule has 4 atom stereocenters. The maximum absolute atomic E-state index is 14.7. The van der Waals surface area contributed by atoms with Gasteiger partial charge in [0.25, 0.3) is 6.01 Å². The zero-order chi connectivity index (χ0) is 25.5. The van der Waals surface area contributed by atoms with Gasteiger partial charge in [-0.25, -0.2) is 18.7 Å². The minimum atomic E-state index is -0.737. The summed E-state index contributed by atoms with van der Waals surface area (Å²) in [5.74, 6) is -1.43. The smallest absolute Gasteiger partial charge is 0.296 e. The van der Waals surface area contributed by atoms with Crippen LogP contribution in [-0.2, 0) is 28.9 Å². The summed E-state index contributed by atoms with van der Waals surface area (Å²) in [4.78, 5) is 15.7. The van der Waals surface area contributed by atoms with Crippen molar-refractivity contribution < 1.29 is 37.3 Å². The summed E-state index contributed by atoms with van der Waals surface area (Å²) in [6.07, 6.45) is 0.888. The highest BCUT2D eigenvalue weighted by Gasteiger charge is 2.48. The summed E-state index contributed by atoms with van der Waals surface area (Å²) < 4.78 is 56.6. The Balaban J connectivity index is 1.13. The van der Waals surface area contributed by atoms with Crippen LogP contribution < -0.4 is 9.47 Å². The number of H-pyrrole nitrogens is 1. The Hall–Kier alpha value is -3.32. The van der Waals surface area contributed by atoms with Gasteiger partial charge in [0, 0.05) is 17.7 Å². The van der Waals surface area contributed by atoms with Crippen molar-refractivity contribution in [1.29, 1.82) is 0 Å². The first kappa shape index (κ1) is 24.0. The molecule has 6 rings (SSSR count). The molecular formula is C24H21ClF2N4O6. The lowest BCUT2D eigenvalue weighted by molar-refractivity contribution is 0.00706. The van der Waals surface area contributed by atoms with Gasteiger partial charge >= 0.3 is 0 Å². The number of imidazole rings is 1. The Morgan fingerprint density at radius 3 is 2.68 bits per heavy atom. The molecule has 0 amide bonds. The predicted molar refractivity (Wildman–Crippen MR) is 123 cm³/mol.